The largest absolute Gasteiger partial charge is 0.381 e. The van der Waals surface area contributed by atoms with Gasteiger partial charge in [0.15, 0.2) is 0 Å². The third-order valence-electron chi connectivity index (χ3n) is 3.92. The Morgan fingerprint density at radius 3 is 2.76 bits per heavy atom. The Morgan fingerprint density at radius 1 is 1.35 bits per heavy atom. The van der Waals surface area contributed by atoms with Gasteiger partial charge in [0.2, 0.25) is 0 Å². The zero-order valence-corrected chi connectivity index (χ0v) is 11.5. The first-order chi connectivity index (χ1) is 7.96. The number of pyridine rings is 1. The molecule has 1 heterocycles. The van der Waals surface area contributed by atoms with Gasteiger partial charge < -0.3 is 5.32 Å². The van der Waals surface area contributed by atoms with Crippen LogP contribution in [0.15, 0.2) is 18.5 Å². The Hall–Kier alpha value is -1.05. The maximum absolute atomic E-state index is 4.24. The van der Waals surface area contributed by atoms with Crippen molar-refractivity contribution in [2.45, 2.75) is 53.0 Å². The van der Waals surface area contributed by atoms with E-state index in [2.05, 4.69) is 44.1 Å². The van der Waals surface area contributed by atoms with Crippen molar-refractivity contribution in [1.82, 2.24) is 4.98 Å². The molecule has 0 radical (unpaired) electrons. The lowest BCUT2D eigenvalue weighted by molar-refractivity contribution is 0.177. The summed E-state index contributed by atoms with van der Waals surface area (Å²) in [5.74, 6) is 0.735. The number of aryl methyl sites for hydroxylation is 1. The molecule has 0 aliphatic heterocycles. The van der Waals surface area contributed by atoms with Crippen LogP contribution in [0.25, 0.3) is 0 Å². The number of anilines is 1. The normalized spacial score (nSPS) is 27.8. The van der Waals surface area contributed by atoms with Gasteiger partial charge in [-0.25, -0.2) is 0 Å². The van der Waals surface area contributed by atoms with Gasteiger partial charge in [0.25, 0.3) is 0 Å². The number of aromatic nitrogens is 1. The van der Waals surface area contributed by atoms with E-state index in [0.29, 0.717) is 11.5 Å². The number of hydrogen-bond donors (Lipinski definition) is 1. The predicted molar refractivity (Wildman–Crippen MR) is 73.2 cm³/mol. The second-order valence-corrected chi connectivity index (χ2v) is 6.39. The lowest BCUT2D eigenvalue weighted by Crippen LogP contribution is -2.36. The van der Waals surface area contributed by atoms with Crippen LogP contribution in [0.5, 0.6) is 0 Å². The molecule has 1 aliphatic carbocycles. The van der Waals surface area contributed by atoms with Crippen molar-refractivity contribution < 1.29 is 0 Å². The van der Waals surface area contributed by atoms with Crippen molar-refractivity contribution in [3.63, 3.8) is 0 Å². The molecule has 2 unspecified atom stereocenters. The summed E-state index contributed by atoms with van der Waals surface area (Å²) in [6, 6.07) is 2.78. The van der Waals surface area contributed by atoms with Crippen molar-refractivity contribution in [3.05, 3.63) is 24.0 Å². The molecule has 17 heavy (non-hydrogen) atoms. The molecule has 0 aromatic carbocycles. The Kier molecular flexibility index (Phi) is 3.41. The molecule has 0 bridgehead atoms. The molecule has 1 saturated carbocycles. The lowest BCUT2D eigenvalue weighted by atomic mass is 9.70. The van der Waals surface area contributed by atoms with Gasteiger partial charge in [-0.3, -0.25) is 4.98 Å². The SMILES string of the molecule is Cc1cncc(NC2CCC(C)(C)CC2C)c1. The van der Waals surface area contributed by atoms with E-state index in [1.807, 2.05) is 12.4 Å². The Labute approximate surface area is 105 Å². The van der Waals surface area contributed by atoms with Crippen LogP contribution in [-0.2, 0) is 0 Å². The zero-order chi connectivity index (χ0) is 12.5. The van der Waals surface area contributed by atoms with Gasteiger partial charge in [0.05, 0.1) is 5.69 Å². The minimum Gasteiger partial charge on any atom is -0.381 e. The molecule has 94 valence electrons. The summed E-state index contributed by atoms with van der Waals surface area (Å²) in [6.45, 7) is 9.22. The van der Waals surface area contributed by atoms with E-state index in [9.17, 15) is 0 Å². The first kappa shape index (κ1) is 12.4. The molecule has 2 nitrogen and oxygen atoms in total. The number of nitrogens with zero attached hydrogens (tertiary/aromatic N) is 1. The van der Waals surface area contributed by atoms with Crippen LogP contribution in [0, 0.1) is 18.3 Å². The smallest absolute Gasteiger partial charge is 0.0531 e. The van der Waals surface area contributed by atoms with Crippen LogP contribution in [0.3, 0.4) is 0 Å². The summed E-state index contributed by atoms with van der Waals surface area (Å²) in [4.78, 5) is 4.24. The van der Waals surface area contributed by atoms with E-state index in [4.69, 9.17) is 0 Å². The third-order valence-corrected chi connectivity index (χ3v) is 3.92. The molecular formula is C15H24N2. The monoisotopic (exact) mass is 232 g/mol. The minimum absolute atomic E-state index is 0.516. The molecule has 2 heteroatoms. The van der Waals surface area contributed by atoms with E-state index >= 15 is 0 Å². The molecule has 1 aromatic rings. The van der Waals surface area contributed by atoms with E-state index < -0.39 is 0 Å². The minimum atomic E-state index is 0.516. The molecule has 1 N–H and O–H groups in total. The highest BCUT2D eigenvalue weighted by molar-refractivity contribution is 5.43. The average Bonchev–Trinajstić information content (AvgIpc) is 2.22. The summed E-state index contributed by atoms with van der Waals surface area (Å²) in [5, 5.41) is 3.65. The van der Waals surface area contributed by atoms with Crippen LogP contribution in [0.2, 0.25) is 0 Å². The summed E-state index contributed by atoms with van der Waals surface area (Å²) < 4.78 is 0. The summed E-state index contributed by atoms with van der Waals surface area (Å²) in [7, 11) is 0. The van der Waals surface area contributed by atoms with Gasteiger partial charge in [0.1, 0.15) is 0 Å². The van der Waals surface area contributed by atoms with Gasteiger partial charge in [0, 0.05) is 18.4 Å². The van der Waals surface area contributed by atoms with Gasteiger partial charge in [-0.15, -0.1) is 0 Å². The molecule has 2 atom stereocenters. The Morgan fingerprint density at radius 2 is 2.12 bits per heavy atom. The average molecular weight is 232 g/mol. The van der Waals surface area contributed by atoms with Crippen LogP contribution < -0.4 is 5.32 Å². The lowest BCUT2D eigenvalue weighted by Gasteiger charge is -2.40. The molecule has 0 amide bonds. The summed E-state index contributed by atoms with van der Waals surface area (Å²) >= 11 is 0. The fourth-order valence-corrected chi connectivity index (χ4v) is 3.01. The van der Waals surface area contributed by atoms with Crippen LogP contribution >= 0.6 is 0 Å². The molecule has 2 rings (SSSR count). The second-order valence-electron chi connectivity index (χ2n) is 6.39. The van der Waals surface area contributed by atoms with Crippen molar-refractivity contribution >= 4 is 5.69 Å². The first-order valence-corrected chi connectivity index (χ1v) is 6.64. The zero-order valence-electron chi connectivity index (χ0n) is 11.5. The van der Waals surface area contributed by atoms with E-state index in [-0.39, 0.29) is 0 Å². The van der Waals surface area contributed by atoms with Gasteiger partial charge in [-0.1, -0.05) is 20.8 Å². The first-order valence-electron chi connectivity index (χ1n) is 6.64. The molecule has 1 fully saturated rings. The molecule has 0 spiro atoms. The van der Waals surface area contributed by atoms with Crippen LogP contribution in [0.1, 0.15) is 45.6 Å². The van der Waals surface area contributed by atoms with E-state index in [0.717, 1.165) is 5.92 Å². The Balaban J connectivity index is 2.00. The van der Waals surface area contributed by atoms with Gasteiger partial charge in [-0.2, -0.15) is 0 Å². The maximum Gasteiger partial charge on any atom is 0.0531 e. The maximum atomic E-state index is 4.24. The quantitative estimate of drug-likeness (QED) is 0.833. The number of hydrogen-bond acceptors (Lipinski definition) is 2. The fraction of sp³-hybridized carbons (Fsp3) is 0.667. The van der Waals surface area contributed by atoms with Crippen molar-refractivity contribution in [2.24, 2.45) is 11.3 Å². The number of rotatable bonds is 2. The topological polar surface area (TPSA) is 24.9 Å². The molecular weight excluding hydrogens is 208 g/mol. The molecule has 1 aliphatic rings. The van der Waals surface area contributed by atoms with Gasteiger partial charge in [-0.05, 0) is 49.1 Å². The summed E-state index contributed by atoms with van der Waals surface area (Å²) in [5.41, 5.74) is 2.91. The van der Waals surface area contributed by atoms with Crippen molar-refractivity contribution in [1.29, 1.82) is 0 Å². The highest BCUT2D eigenvalue weighted by atomic mass is 14.9. The Bertz CT molecular complexity index is 384. The molecule has 1 aromatic heterocycles. The standard InChI is InChI=1S/C15H24N2/c1-11-7-13(10-16-9-11)17-14-5-6-15(3,4)8-12(14)2/h7,9-10,12,14,17H,5-6,8H2,1-4H3. The highest BCUT2D eigenvalue weighted by Crippen LogP contribution is 2.39. The van der Waals surface area contributed by atoms with E-state index in [1.54, 1.807) is 0 Å². The van der Waals surface area contributed by atoms with Crippen molar-refractivity contribution in [3.8, 4) is 0 Å². The number of nitrogens with one attached hydrogen (secondary N) is 1. The van der Waals surface area contributed by atoms with E-state index in [1.165, 1.54) is 30.5 Å². The molecule has 0 saturated heterocycles. The predicted octanol–water partition coefficient (Wildman–Crippen LogP) is 4.02. The van der Waals surface area contributed by atoms with Crippen molar-refractivity contribution in [2.75, 3.05) is 5.32 Å². The summed E-state index contributed by atoms with van der Waals surface area (Å²) in [6.07, 6.45) is 7.72. The van der Waals surface area contributed by atoms with Crippen LogP contribution in [-0.4, -0.2) is 11.0 Å². The third kappa shape index (κ3) is 3.21. The van der Waals surface area contributed by atoms with Crippen LogP contribution in [0.4, 0.5) is 5.69 Å². The fourth-order valence-electron chi connectivity index (χ4n) is 3.01. The second kappa shape index (κ2) is 4.67. The van der Waals surface area contributed by atoms with Gasteiger partial charge >= 0.3 is 0 Å². The highest BCUT2D eigenvalue weighted by Gasteiger charge is 2.32.